The van der Waals surface area contributed by atoms with Gasteiger partial charge in [-0.3, -0.25) is 4.68 Å². The zero-order valence-electron chi connectivity index (χ0n) is 16.0. The molecule has 0 radical (unpaired) electrons. The smallest absolute Gasteiger partial charge is 0.321 e. The molecule has 1 fully saturated rings. The lowest BCUT2D eigenvalue weighted by Crippen LogP contribution is -2.46. The molecule has 2 aromatic heterocycles. The van der Waals surface area contributed by atoms with Crippen molar-refractivity contribution >= 4 is 11.7 Å². The first-order valence-corrected chi connectivity index (χ1v) is 9.70. The van der Waals surface area contributed by atoms with E-state index in [2.05, 4.69) is 20.6 Å². The summed E-state index contributed by atoms with van der Waals surface area (Å²) in [5.74, 6) is 0.799. The van der Waals surface area contributed by atoms with Gasteiger partial charge in [-0.15, -0.1) is 10.2 Å². The molecular weight excluding hydrogens is 354 g/mol. The van der Waals surface area contributed by atoms with Crippen LogP contribution >= 0.6 is 0 Å². The number of rotatable bonds is 5. The number of likely N-dealkylation sites (tertiary alicyclic amines) is 1. The molecule has 1 aliphatic heterocycles. The van der Waals surface area contributed by atoms with Gasteiger partial charge in [0.15, 0.2) is 5.82 Å². The number of nitrogens with zero attached hydrogens (tertiary/aromatic N) is 6. The Hall–Kier alpha value is -3.16. The summed E-state index contributed by atoms with van der Waals surface area (Å²) in [6.07, 6.45) is 9.60. The Morgan fingerprint density at radius 1 is 1.25 bits per heavy atom. The topological polar surface area (TPSA) is 80.9 Å². The third-order valence-corrected chi connectivity index (χ3v) is 5.24. The van der Waals surface area contributed by atoms with Crippen LogP contribution in [0.4, 0.5) is 10.5 Å². The van der Waals surface area contributed by atoms with E-state index < -0.39 is 0 Å². The minimum absolute atomic E-state index is 0.0310. The zero-order valence-corrected chi connectivity index (χ0v) is 16.0. The summed E-state index contributed by atoms with van der Waals surface area (Å²) >= 11 is 0. The minimum Gasteiger partial charge on any atom is -0.321 e. The lowest BCUT2D eigenvalue weighted by atomic mass is 10.00. The maximum Gasteiger partial charge on any atom is 0.322 e. The van der Waals surface area contributed by atoms with Crippen LogP contribution in [-0.2, 0) is 13.6 Å². The number of anilines is 1. The predicted molar refractivity (Wildman–Crippen MR) is 107 cm³/mol. The number of benzene rings is 1. The standard InChI is InChI=1S/C20H25N7O/c1-25-15-21-24-19(25)16-6-8-17(9-7-16)23-20(28)27-13-3-2-5-18(27)10-14-26-12-4-11-22-26/h4,6-9,11-12,15,18H,2-3,5,10,13-14H2,1H3,(H,23,28). The molecule has 0 spiro atoms. The molecule has 0 aliphatic carbocycles. The summed E-state index contributed by atoms with van der Waals surface area (Å²) in [4.78, 5) is 14.8. The van der Waals surface area contributed by atoms with Gasteiger partial charge in [0.2, 0.25) is 0 Å². The van der Waals surface area contributed by atoms with Crippen molar-refractivity contribution in [3.8, 4) is 11.4 Å². The average molecular weight is 379 g/mol. The monoisotopic (exact) mass is 379 g/mol. The largest absolute Gasteiger partial charge is 0.322 e. The van der Waals surface area contributed by atoms with E-state index in [1.165, 1.54) is 6.42 Å². The first kappa shape index (κ1) is 18.2. The van der Waals surface area contributed by atoms with Crippen LogP contribution in [0.2, 0.25) is 0 Å². The molecule has 146 valence electrons. The van der Waals surface area contributed by atoms with Crippen molar-refractivity contribution in [1.82, 2.24) is 29.4 Å². The average Bonchev–Trinajstić information content (AvgIpc) is 3.39. The maximum absolute atomic E-state index is 12.9. The number of piperidine rings is 1. The molecule has 1 unspecified atom stereocenters. The van der Waals surface area contributed by atoms with Crippen LogP contribution in [0.25, 0.3) is 11.4 Å². The van der Waals surface area contributed by atoms with Crippen LogP contribution in [0, 0.1) is 0 Å². The van der Waals surface area contributed by atoms with Gasteiger partial charge >= 0.3 is 6.03 Å². The van der Waals surface area contributed by atoms with E-state index in [1.807, 2.05) is 57.7 Å². The van der Waals surface area contributed by atoms with Gasteiger partial charge in [-0.1, -0.05) is 0 Å². The van der Waals surface area contributed by atoms with Crippen molar-refractivity contribution in [2.45, 2.75) is 38.3 Å². The zero-order chi connectivity index (χ0) is 19.3. The number of nitrogens with one attached hydrogen (secondary N) is 1. The SMILES string of the molecule is Cn1cnnc1-c1ccc(NC(=O)N2CCCCC2CCn2cccn2)cc1. The molecule has 1 atom stereocenters. The van der Waals surface area contributed by atoms with Crippen molar-refractivity contribution in [3.63, 3.8) is 0 Å². The molecule has 3 aromatic rings. The summed E-state index contributed by atoms with van der Waals surface area (Å²) in [6, 6.07) is 9.86. The molecule has 1 aliphatic rings. The highest BCUT2D eigenvalue weighted by Crippen LogP contribution is 2.23. The fourth-order valence-electron chi connectivity index (χ4n) is 3.72. The fraction of sp³-hybridized carbons (Fsp3) is 0.400. The molecule has 28 heavy (non-hydrogen) atoms. The van der Waals surface area contributed by atoms with E-state index in [-0.39, 0.29) is 12.1 Å². The highest BCUT2D eigenvalue weighted by molar-refractivity contribution is 5.89. The van der Waals surface area contributed by atoms with Crippen molar-refractivity contribution in [3.05, 3.63) is 49.1 Å². The molecule has 0 bridgehead atoms. The Labute approximate surface area is 164 Å². The molecule has 0 saturated carbocycles. The second kappa shape index (κ2) is 8.24. The lowest BCUT2D eigenvalue weighted by Gasteiger charge is -2.35. The number of carbonyl (C=O) groups is 1. The normalized spacial score (nSPS) is 16.9. The molecule has 1 aromatic carbocycles. The van der Waals surface area contributed by atoms with Crippen molar-refractivity contribution in [2.75, 3.05) is 11.9 Å². The summed E-state index contributed by atoms with van der Waals surface area (Å²) in [7, 11) is 1.91. The summed E-state index contributed by atoms with van der Waals surface area (Å²) < 4.78 is 3.79. The fourth-order valence-corrected chi connectivity index (χ4v) is 3.72. The van der Waals surface area contributed by atoms with Crippen molar-refractivity contribution < 1.29 is 4.79 Å². The van der Waals surface area contributed by atoms with Crippen molar-refractivity contribution in [1.29, 1.82) is 0 Å². The molecule has 1 N–H and O–H groups in total. The quantitative estimate of drug-likeness (QED) is 0.738. The van der Waals surface area contributed by atoms with E-state index >= 15 is 0 Å². The maximum atomic E-state index is 12.9. The van der Waals surface area contributed by atoms with Crippen molar-refractivity contribution in [2.24, 2.45) is 7.05 Å². The number of aryl methyl sites for hydroxylation is 2. The Balaban J connectivity index is 1.39. The van der Waals surface area contributed by atoms with E-state index in [9.17, 15) is 4.79 Å². The van der Waals surface area contributed by atoms with E-state index in [0.717, 1.165) is 49.4 Å². The molecule has 8 nitrogen and oxygen atoms in total. The third kappa shape index (κ3) is 4.05. The highest BCUT2D eigenvalue weighted by Gasteiger charge is 2.26. The molecular formula is C20H25N7O. The predicted octanol–water partition coefficient (Wildman–Crippen LogP) is 3.16. The van der Waals surface area contributed by atoms with Gasteiger partial charge in [0.1, 0.15) is 6.33 Å². The van der Waals surface area contributed by atoms with Gasteiger partial charge in [-0.2, -0.15) is 5.10 Å². The van der Waals surface area contributed by atoms with E-state index in [1.54, 1.807) is 12.5 Å². The number of aromatic nitrogens is 5. The molecule has 4 rings (SSSR count). The first-order chi connectivity index (χ1) is 13.7. The number of amides is 2. The van der Waals surface area contributed by atoms with Crippen LogP contribution in [0.15, 0.2) is 49.1 Å². The van der Waals surface area contributed by atoms with E-state index in [4.69, 9.17) is 0 Å². The van der Waals surface area contributed by atoms with Gasteiger partial charge in [0.25, 0.3) is 0 Å². The van der Waals surface area contributed by atoms with E-state index in [0.29, 0.717) is 0 Å². The van der Waals surface area contributed by atoms with Gasteiger partial charge in [-0.25, -0.2) is 4.79 Å². The van der Waals surface area contributed by atoms with Gasteiger partial charge in [-0.05, 0) is 56.0 Å². The summed E-state index contributed by atoms with van der Waals surface area (Å²) in [6.45, 7) is 1.63. The van der Waals surface area contributed by atoms with Gasteiger partial charge in [0, 0.05) is 49.8 Å². The third-order valence-electron chi connectivity index (χ3n) is 5.24. The molecule has 1 saturated heterocycles. The second-order valence-corrected chi connectivity index (χ2v) is 7.17. The number of hydrogen-bond acceptors (Lipinski definition) is 4. The Kier molecular flexibility index (Phi) is 5.36. The van der Waals surface area contributed by atoms with Crippen LogP contribution in [0.1, 0.15) is 25.7 Å². The van der Waals surface area contributed by atoms with Gasteiger partial charge < -0.3 is 14.8 Å². The molecule has 3 heterocycles. The highest BCUT2D eigenvalue weighted by atomic mass is 16.2. The van der Waals surface area contributed by atoms with Crippen LogP contribution in [-0.4, -0.2) is 48.1 Å². The minimum atomic E-state index is -0.0310. The number of urea groups is 1. The second-order valence-electron chi connectivity index (χ2n) is 7.17. The molecule has 8 heteroatoms. The first-order valence-electron chi connectivity index (χ1n) is 9.70. The summed E-state index contributed by atoms with van der Waals surface area (Å²) in [5, 5.41) is 15.3. The molecule has 2 amide bonds. The lowest BCUT2D eigenvalue weighted by molar-refractivity contribution is 0.154. The Morgan fingerprint density at radius 3 is 2.82 bits per heavy atom. The number of hydrogen-bond donors (Lipinski definition) is 1. The Morgan fingerprint density at radius 2 is 2.11 bits per heavy atom. The Bertz CT molecular complexity index is 901. The van der Waals surface area contributed by atoms with Crippen LogP contribution < -0.4 is 5.32 Å². The van der Waals surface area contributed by atoms with Crippen LogP contribution in [0.5, 0.6) is 0 Å². The number of carbonyl (C=O) groups excluding carboxylic acids is 1. The van der Waals surface area contributed by atoms with Gasteiger partial charge in [0.05, 0.1) is 0 Å². The van der Waals surface area contributed by atoms with Crippen LogP contribution in [0.3, 0.4) is 0 Å². The summed E-state index contributed by atoms with van der Waals surface area (Å²) in [5.41, 5.74) is 1.75.